The molecule has 5 nitrogen and oxygen atoms in total. The molecule has 2 rings (SSSR count). The molecule has 0 radical (unpaired) electrons. The van der Waals surface area contributed by atoms with Crippen molar-refractivity contribution < 1.29 is 14.6 Å². The van der Waals surface area contributed by atoms with Gasteiger partial charge in [-0.2, -0.15) is 0 Å². The van der Waals surface area contributed by atoms with E-state index in [4.69, 9.17) is 6.42 Å². The van der Waals surface area contributed by atoms with Crippen molar-refractivity contribution >= 4 is 17.0 Å². The third-order valence-electron chi connectivity index (χ3n) is 2.70. The molecule has 1 aromatic heterocycles. The Labute approximate surface area is 110 Å². The SMILES string of the molecule is C#CCOC(=O)NCCc1c[nH]c2ccc(O)cc12. The molecule has 98 valence electrons. The van der Waals surface area contributed by atoms with E-state index in [0.29, 0.717) is 13.0 Å². The van der Waals surface area contributed by atoms with E-state index in [9.17, 15) is 9.90 Å². The van der Waals surface area contributed by atoms with Crippen LogP contribution in [0.25, 0.3) is 10.9 Å². The summed E-state index contributed by atoms with van der Waals surface area (Å²) >= 11 is 0. The molecule has 0 fully saturated rings. The Morgan fingerprint density at radius 2 is 2.37 bits per heavy atom. The van der Waals surface area contributed by atoms with Crippen LogP contribution >= 0.6 is 0 Å². The summed E-state index contributed by atoms with van der Waals surface area (Å²) in [5.41, 5.74) is 1.96. The van der Waals surface area contributed by atoms with Gasteiger partial charge >= 0.3 is 6.09 Å². The fourth-order valence-corrected chi connectivity index (χ4v) is 1.83. The lowest BCUT2D eigenvalue weighted by molar-refractivity contribution is 0.160. The molecule has 0 aliphatic rings. The predicted octanol–water partition coefficient (Wildman–Crippen LogP) is 1.78. The van der Waals surface area contributed by atoms with Crippen LogP contribution in [0.1, 0.15) is 5.56 Å². The van der Waals surface area contributed by atoms with E-state index in [1.54, 1.807) is 12.1 Å². The number of aromatic amines is 1. The molecule has 1 amide bonds. The van der Waals surface area contributed by atoms with Crippen molar-refractivity contribution in [3.05, 3.63) is 30.0 Å². The van der Waals surface area contributed by atoms with E-state index < -0.39 is 6.09 Å². The Balaban J connectivity index is 1.93. The molecule has 1 heterocycles. The zero-order chi connectivity index (χ0) is 13.7. The highest BCUT2D eigenvalue weighted by Gasteiger charge is 2.05. The molecule has 0 saturated heterocycles. The minimum Gasteiger partial charge on any atom is -0.508 e. The average molecular weight is 258 g/mol. The summed E-state index contributed by atoms with van der Waals surface area (Å²) in [7, 11) is 0. The van der Waals surface area contributed by atoms with Gasteiger partial charge in [0.05, 0.1) is 0 Å². The summed E-state index contributed by atoms with van der Waals surface area (Å²) < 4.78 is 4.68. The highest BCUT2D eigenvalue weighted by molar-refractivity contribution is 5.84. The quantitative estimate of drug-likeness (QED) is 0.732. The van der Waals surface area contributed by atoms with Crippen molar-refractivity contribution in [1.29, 1.82) is 0 Å². The van der Waals surface area contributed by atoms with E-state index in [1.165, 1.54) is 0 Å². The zero-order valence-electron chi connectivity index (χ0n) is 10.3. The number of aromatic nitrogens is 1. The maximum atomic E-state index is 11.2. The van der Waals surface area contributed by atoms with E-state index in [0.717, 1.165) is 16.5 Å². The minimum atomic E-state index is -0.527. The maximum absolute atomic E-state index is 11.2. The van der Waals surface area contributed by atoms with Gasteiger partial charge in [0.2, 0.25) is 0 Å². The summed E-state index contributed by atoms with van der Waals surface area (Å²) in [5, 5.41) is 13.0. The molecule has 0 saturated carbocycles. The van der Waals surface area contributed by atoms with Crippen molar-refractivity contribution in [2.75, 3.05) is 13.2 Å². The molecule has 3 N–H and O–H groups in total. The third kappa shape index (κ3) is 3.19. The molecule has 0 atom stereocenters. The summed E-state index contributed by atoms with van der Waals surface area (Å²) in [5.74, 6) is 2.43. The summed E-state index contributed by atoms with van der Waals surface area (Å²) in [4.78, 5) is 14.3. The van der Waals surface area contributed by atoms with Crippen LogP contribution < -0.4 is 5.32 Å². The molecular formula is C14H14N2O3. The summed E-state index contributed by atoms with van der Waals surface area (Å²) in [6.07, 6.45) is 6.94. The van der Waals surface area contributed by atoms with Gasteiger partial charge in [-0.05, 0) is 30.2 Å². The van der Waals surface area contributed by atoms with Crippen LogP contribution in [-0.2, 0) is 11.2 Å². The number of phenolic OH excluding ortho intramolecular Hbond substituents is 1. The number of nitrogens with one attached hydrogen (secondary N) is 2. The van der Waals surface area contributed by atoms with Gasteiger partial charge in [-0.3, -0.25) is 0 Å². The first-order valence-electron chi connectivity index (χ1n) is 5.84. The Bertz CT molecular complexity index is 625. The number of rotatable bonds is 4. The number of carbonyl (C=O) groups is 1. The van der Waals surface area contributed by atoms with Crippen molar-refractivity contribution in [2.45, 2.75) is 6.42 Å². The van der Waals surface area contributed by atoms with E-state index in [2.05, 4.69) is 21.0 Å². The third-order valence-corrected chi connectivity index (χ3v) is 2.70. The minimum absolute atomic E-state index is 0.0349. The van der Waals surface area contributed by atoms with E-state index in [-0.39, 0.29) is 12.4 Å². The lowest BCUT2D eigenvalue weighted by Gasteiger charge is -2.04. The van der Waals surface area contributed by atoms with Gasteiger partial charge < -0.3 is 20.1 Å². The predicted molar refractivity (Wildman–Crippen MR) is 71.9 cm³/mol. The van der Waals surface area contributed by atoms with Gasteiger partial charge in [0.1, 0.15) is 5.75 Å². The molecule has 0 spiro atoms. The normalized spacial score (nSPS) is 10.1. The number of H-pyrrole nitrogens is 1. The topological polar surface area (TPSA) is 74.3 Å². The van der Waals surface area contributed by atoms with E-state index in [1.807, 2.05) is 12.3 Å². The van der Waals surface area contributed by atoms with Gasteiger partial charge in [-0.1, -0.05) is 5.92 Å². The Hall–Kier alpha value is -2.61. The van der Waals surface area contributed by atoms with Crippen molar-refractivity contribution in [3.63, 3.8) is 0 Å². The number of benzene rings is 1. The molecule has 0 unspecified atom stereocenters. The number of phenols is 1. The number of amides is 1. The molecular weight excluding hydrogens is 244 g/mol. The number of terminal acetylenes is 1. The number of ether oxygens (including phenoxy) is 1. The number of hydrogen-bond acceptors (Lipinski definition) is 3. The first-order valence-corrected chi connectivity index (χ1v) is 5.84. The molecule has 1 aromatic carbocycles. The van der Waals surface area contributed by atoms with Crippen molar-refractivity contribution in [1.82, 2.24) is 10.3 Å². The summed E-state index contributed by atoms with van der Waals surface area (Å²) in [6.45, 7) is 0.402. The number of carbonyl (C=O) groups excluding carboxylic acids is 1. The maximum Gasteiger partial charge on any atom is 0.408 e. The van der Waals surface area contributed by atoms with Crippen LogP contribution in [-0.4, -0.2) is 29.3 Å². The van der Waals surface area contributed by atoms with Gasteiger partial charge in [0, 0.05) is 23.6 Å². The highest BCUT2D eigenvalue weighted by atomic mass is 16.5. The monoisotopic (exact) mass is 258 g/mol. The van der Waals surface area contributed by atoms with Crippen LogP contribution in [0.15, 0.2) is 24.4 Å². The Morgan fingerprint density at radius 1 is 1.53 bits per heavy atom. The van der Waals surface area contributed by atoms with Gasteiger partial charge in [-0.25, -0.2) is 4.79 Å². The lowest BCUT2D eigenvalue weighted by atomic mass is 10.1. The van der Waals surface area contributed by atoms with Crippen LogP contribution in [0.2, 0.25) is 0 Å². The molecule has 0 aliphatic heterocycles. The zero-order valence-corrected chi connectivity index (χ0v) is 10.3. The Kier molecular flexibility index (Phi) is 3.94. The van der Waals surface area contributed by atoms with Crippen LogP contribution in [0, 0.1) is 12.3 Å². The average Bonchev–Trinajstić information content (AvgIpc) is 2.79. The standard InChI is InChI=1S/C14H14N2O3/c1-2-7-19-14(18)15-6-5-10-9-16-13-4-3-11(17)8-12(10)13/h1,3-4,8-9,16-17H,5-7H2,(H,15,18). The molecule has 0 bridgehead atoms. The van der Waals surface area contributed by atoms with Crippen molar-refractivity contribution in [2.24, 2.45) is 0 Å². The molecule has 19 heavy (non-hydrogen) atoms. The van der Waals surface area contributed by atoms with E-state index >= 15 is 0 Å². The lowest BCUT2D eigenvalue weighted by Crippen LogP contribution is -2.26. The first kappa shape index (κ1) is 12.8. The fraction of sp³-hybridized carbons (Fsp3) is 0.214. The van der Waals surface area contributed by atoms with Crippen LogP contribution in [0.4, 0.5) is 4.79 Å². The molecule has 5 heteroatoms. The Morgan fingerprint density at radius 3 is 3.16 bits per heavy atom. The second kappa shape index (κ2) is 5.83. The number of hydrogen-bond donors (Lipinski definition) is 3. The fourth-order valence-electron chi connectivity index (χ4n) is 1.83. The van der Waals surface area contributed by atoms with Crippen LogP contribution in [0.3, 0.4) is 0 Å². The number of alkyl carbamates (subject to hydrolysis) is 1. The number of aromatic hydroxyl groups is 1. The number of fused-ring (bicyclic) bond motifs is 1. The van der Waals surface area contributed by atoms with Gasteiger partial charge in [-0.15, -0.1) is 6.42 Å². The highest BCUT2D eigenvalue weighted by Crippen LogP contribution is 2.22. The summed E-state index contributed by atoms with van der Waals surface area (Å²) in [6, 6.07) is 5.12. The largest absolute Gasteiger partial charge is 0.508 e. The molecule has 2 aromatic rings. The van der Waals surface area contributed by atoms with Gasteiger partial charge in [0.15, 0.2) is 6.61 Å². The first-order chi connectivity index (χ1) is 9.20. The second-order valence-electron chi connectivity index (χ2n) is 4.00. The second-order valence-corrected chi connectivity index (χ2v) is 4.00. The van der Waals surface area contributed by atoms with Crippen molar-refractivity contribution in [3.8, 4) is 18.1 Å². The smallest absolute Gasteiger partial charge is 0.408 e. The molecule has 0 aliphatic carbocycles. The van der Waals surface area contributed by atoms with Crippen LogP contribution in [0.5, 0.6) is 5.75 Å². The van der Waals surface area contributed by atoms with Gasteiger partial charge in [0.25, 0.3) is 0 Å².